The standard InChI is InChI=1S/C16H28N2O3.C3H6O2/c1-16(2,3)21-15(20)18-10-7-12(8-11-18)4-5-13-6-9-17-14(13)19;1-3(4)5-2/h12-13H,4-11H2,1-3H3,(H,17,19);1-2H3. The Bertz CT molecular complexity index is 479. The van der Waals surface area contributed by atoms with Gasteiger partial charge in [0.2, 0.25) is 5.91 Å². The number of carbonyl (C=O) groups is 3. The third-order valence-electron chi connectivity index (χ3n) is 4.64. The molecule has 1 N–H and O–H groups in total. The highest BCUT2D eigenvalue weighted by Crippen LogP contribution is 2.27. The molecule has 0 aromatic carbocycles. The van der Waals surface area contributed by atoms with Crippen molar-refractivity contribution >= 4 is 18.0 Å². The van der Waals surface area contributed by atoms with Gasteiger partial charge in [0.1, 0.15) is 5.60 Å². The van der Waals surface area contributed by atoms with Gasteiger partial charge in [0.15, 0.2) is 0 Å². The summed E-state index contributed by atoms with van der Waals surface area (Å²) >= 11 is 0. The lowest BCUT2D eigenvalue weighted by Gasteiger charge is -2.33. The average Bonchev–Trinajstić information content (AvgIpc) is 2.97. The van der Waals surface area contributed by atoms with Crippen molar-refractivity contribution in [2.45, 2.75) is 65.4 Å². The lowest BCUT2D eigenvalue weighted by atomic mass is 9.88. The largest absolute Gasteiger partial charge is 0.469 e. The number of likely N-dealkylation sites (tertiary alicyclic amines) is 1. The van der Waals surface area contributed by atoms with Gasteiger partial charge in [-0.05, 0) is 58.8 Å². The maximum Gasteiger partial charge on any atom is 0.410 e. The van der Waals surface area contributed by atoms with Crippen molar-refractivity contribution in [2.24, 2.45) is 11.8 Å². The van der Waals surface area contributed by atoms with Crippen LogP contribution in [0.1, 0.15) is 59.8 Å². The number of nitrogens with zero attached hydrogens (tertiary/aromatic N) is 1. The average molecular weight is 370 g/mol. The highest BCUT2D eigenvalue weighted by molar-refractivity contribution is 5.80. The van der Waals surface area contributed by atoms with Gasteiger partial charge in [-0.1, -0.05) is 0 Å². The minimum absolute atomic E-state index is 0.198. The van der Waals surface area contributed by atoms with Gasteiger partial charge in [-0.25, -0.2) is 4.79 Å². The second-order valence-electron chi connectivity index (χ2n) is 7.96. The zero-order valence-electron chi connectivity index (χ0n) is 16.8. The van der Waals surface area contributed by atoms with E-state index in [0.717, 1.165) is 51.7 Å². The van der Waals surface area contributed by atoms with E-state index in [-0.39, 0.29) is 23.9 Å². The highest BCUT2D eigenvalue weighted by Gasteiger charge is 2.29. The topological polar surface area (TPSA) is 84.9 Å². The Morgan fingerprint density at radius 2 is 1.73 bits per heavy atom. The van der Waals surface area contributed by atoms with Gasteiger partial charge in [-0.2, -0.15) is 0 Å². The Hall–Kier alpha value is -1.79. The van der Waals surface area contributed by atoms with E-state index in [2.05, 4.69) is 10.1 Å². The van der Waals surface area contributed by atoms with E-state index in [1.807, 2.05) is 25.7 Å². The van der Waals surface area contributed by atoms with Gasteiger partial charge in [0.05, 0.1) is 7.11 Å². The normalized spacial score (nSPS) is 20.7. The van der Waals surface area contributed by atoms with Gasteiger partial charge >= 0.3 is 12.1 Å². The zero-order valence-corrected chi connectivity index (χ0v) is 16.8. The zero-order chi connectivity index (χ0) is 19.7. The SMILES string of the molecule is CC(C)(C)OC(=O)N1CCC(CCC2CCNC2=O)CC1.COC(C)=O. The number of hydrogen-bond acceptors (Lipinski definition) is 5. The summed E-state index contributed by atoms with van der Waals surface area (Å²) in [6.45, 7) is 9.42. The molecule has 7 heteroatoms. The Kier molecular flexibility index (Phi) is 8.88. The first-order valence-electron chi connectivity index (χ1n) is 9.42. The molecule has 7 nitrogen and oxygen atoms in total. The van der Waals surface area contributed by atoms with Gasteiger partial charge in [-0.3, -0.25) is 9.59 Å². The molecular formula is C19H34N2O5. The predicted molar refractivity (Wildman–Crippen MR) is 98.6 cm³/mol. The molecule has 1 atom stereocenters. The summed E-state index contributed by atoms with van der Waals surface area (Å²) in [5, 5.41) is 2.89. The molecule has 0 aliphatic carbocycles. The first-order valence-corrected chi connectivity index (χ1v) is 9.42. The van der Waals surface area contributed by atoms with E-state index < -0.39 is 5.60 Å². The number of amides is 2. The van der Waals surface area contributed by atoms with Crippen molar-refractivity contribution < 1.29 is 23.9 Å². The van der Waals surface area contributed by atoms with Crippen molar-refractivity contribution in [3.63, 3.8) is 0 Å². The number of piperidine rings is 1. The summed E-state index contributed by atoms with van der Waals surface area (Å²) in [7, 11) is 1.35. The summed E-state index contributed by atoms with van der Waals surface area (Å²) in [5.41, 5.74) is -0.427. The number of methoxy groups -OCH3 is 1. The van der Waals surface area contributed by atoms with Crippen molar-refractivity contribution in [1.82, 2.24) is 10.2 Å². The van der Waals surface area contributed by atoms with Crippen LogP contribution in [0.5, 0.6) is 0 Å². The van der Waals surface area contributed by atoms with E-state index in [1.54, 1.807) is 0 Å². The summed E-state index contributed by atoms with van der Waals surface area (Å²) in [6, 6.07) is 0. The Balaban J connectivity index is 0.000000597. The molecule has 2 saturated heterocycles. The summed E-state index contributed by atoms with van der Waals surface area (Å²) < 4.78 is 9.51. The summed E-state index contributed by atoms with van der Waals surface area (Å²) in [6.07, 6.45) is 4.91. The lowest BCUT2D eigenvalue weighted by Crippen LogP contribution is -2.41. The number of esters is 1. The van der Waals surface area contributed by atoms with Crippen LogP contribution in [-0.2, 0) is 19.1 Å². The van der Waals surface area contributed by atoms with E-state index in [4.69, 9.17) is 4.74 Å². The maximum atomic E-state index is 12.0. The molecule has 1 unspecified atom stereocenters. The quantitative estimate of drug-likeness (QED) is 0.772. The first kappa shape index (κ1) is 22.3. The van der Waals surface area contributed by atoms with Crippen molar-refractivity contribution in [3.05, 3.63) is 0 Å². The molecule has 2 amide bonds. The molecule has 0 saturated carbocycles. The van der Waals surface area contributed by atoms with Gasteiger partial charge in [0, 0.05) is 32.5 Å². The monoisotopic (exact) mass is 370 g/mol. The summed E-state index contributed by atoms with van der Waals surface area (Å²) in [4.78, 5) is 34.9. The molecule has 2 heterocycles. The van der Waals surface area contributed by atoms with Crippen molar-refractivity contribution in [1.29, 1.82) is 0 Å². The molecule has 26 heavy (non-hydrogen) atoms. The Morgan fingerprint density at radius 1 is 1.15 bits per heavy atom. The second kappa shape index (κ2) is 10.4. The minimum Gasteiger partial charge on any atom is -0.469 e. The Morgan fingerprint density at radius 3 is 2.15 bits per heavy atom. The van der Waals surface area contributed by atoms with Gasteiger partial charge in [0.25, 0.3) is 0 Å². The maximum absolute atomic E-state index is 12.0. The smallest absolute Gasteiger partial charge is 0.410 e. The molecule has 0 bridgehead atoms. The second-order valence-corrected chi connectivity index (χ2v) is 7.96. The molecule has 0 aromatic rings. The van der Waals surface area contributed by atoms with E-state index in [9.17, 15) is 14.4 Å². The van der Waals surface area contributed by atoms with Crippen LogP contribution >= 0.6 is 0 Å². The number of carbonyl (C=O) groups excluding carboxylic acids is 3. The van der Waals surface area contributed by atoms with Gasteiger partial charge < -0.3 is 19.7 Å². The van der Waals surface area contributed by atoms with Crippen LogP contribution < -0.4 is 5.32 Å². The molecule has 2 aliphatic heterocycles. The number of nitrogens with one attached hydrogen (secondary N) is 1. The fourth-order valence-corrected chi connectivity index (χ4v) is 3.09. The van der Waals surface area contributed by atoms with Crippen LogP contribution in [0.2, 0.25) is 0 Å². The Labute approximate surface area is 156 Å². The molecule has 150 valence electrons. The molecular weight excluding hydrogens is 336 g/mol. The van der Waals surface area contributed by atoms with Crippen LogP contribution in [-0.4, -0.2) is 55.2 Å². The van der Waals surface area contributed by atoms with E-state index >= 15 is 0 Å². The number of ether oxygens (including phenoxy) is 2. The van der Waals surface area contributed by atoms with Crippen LogP contribution in [0, 0.1) is 11.8 Å². The summed E-state index contributed by atoms with van der Waals surface area (Å²) in [5.74, 6) is 0.831. The molecule has 2 aliphatic rings. The molecule has 2 fully saturated rings. The molecule has 2 rings (SSSR count). The van der Waals surface area contributed by atoms with Crippen LogP contribution in [0.4, 0.5) is 4.79 Å². The fraction of sp³-hybridized carbons (Fsp3) is 0.842. The van der Waals surface area contributed by atoms with Crippen LogP contribution in [0.3, 0.4) is 0 Å². The molecule has 0 radical (unpaired) electrons. The first-order chi connectivity index (χ1) is 12.1. The number of hydrogen-bond donors (Lipinski definition) is 1. The highest BCUT2D eigenvalue weighted by atomic mass is 16.6. The van der Waals surface area contributed by atoms with Crippen LogP contribution in [0.15, 0.2) is 0 Å². The van der Waals surface area contributed by atoms with Crippen LogP contribution in [0.25, 0.3) is 0 Å². The predicted octanol–water partition coefficient (Wildman–Crippen LogP) is 2.73. The van der Waals surface area contributed by atoms with E-state index in [0.29, 0.717) is 5.92 Å². The third-order valence-corrected chi connectivity index (χ3v) is 4.64. The number of rotatable bonds is 3. The van der Waals surface area contributed by atoms with E-state index in [1.165, 1.54) is 14.0 Å². The van der Waals surface area contributed by atoms with Gasteiger partial charge in [-0.15, -0.1) is 0 Å². The fourth-order valence-electron chi connectivity index (χ4n) is 3.09. The lowest BCUT2D eigenvalue weighted by molar-refractivity contribution is -0.138. The van der Waals surface area contributed by atoms with Crippen molar-refractivity contribution in [3.8, 4) is 0 Å². The van der Waals surface area contributed by atoms with Crippen molar-refractivity contribution in [2.75, 3.05) is 26.7 Å². The molecule has 0 spiro atoms. The minimum atomic E-state index is -0.427. The third kappa shape index (κ3) is 8.54. The molecule has 0 aromatic heterocycles.